The van der Waals surface area contributed by atoms with Crippen molar-refractivity contribution in [3.05, 3.63) is 34.6 Å². The average Bonchev–Trinajstić information content (AvgIpc) is 2.67. The third kappa shape index (κ3) is 2.08. The van der Waals surface area contributed by atoms with Gasteiger partial charge in [-0.25, -0.2) is 4.79 Å². The van der Waals surface area contributed by atoms with Crippen molar-refractivity contribution in [2.45, 2.75) is 13.5 Å². The van der Waals surface area contributed by atoms with Gasteiger partial charge in [-0.1, -0.05) is 6.07 Å². The molecule has 0 unspecified atom stereocenters. The third-order valence-electron chi connectivity index (χ3n) is 2.30. The van der Waals surface area contributed by atoms with E-state index in [1.54, 1.807) is 10.9 Å². The predicted molar refractivity (Wildman–Crippen MR) is 65.8 cm³/mol. The molecule has 0 aromatic carbocycles. The summed E-state index contributed by atoms with van der Waals surface area (Å²) < 4.78 is 2.08. The number of carboxylic acid groups (broad SMARTS) is 1. The Hall–Kier alpha value is -1.69. The second-order valence-corrected chi connectivity index (χ2v) is 4.14. The zero-order valence-electron chi connectivity index (χ0n) is 9.09. The number of pyridine rings is 1. The van der Waals surface area contributed by atoms with Gasteiger partial charge in [0.15, 0.2) is 5.69 Å². The average molecular weight is 296 g/mol. The van der Waals surface area contributed by atoms with Crippen molar-refractivity contribution in [2.75, 3.05) is 0 Å². The molecule has 17 heavy (non-hydrogen) atoms. The Kier molecular flexibility index (Phi) is 3.23. The Morgan fingerprint density at radius 3 is 2.82 bits per heavy atom. The van der Waals surface area contributed by atoms with E-state index in [0.717, 1.165) is 0 Å². The van der Waals surface area contributed by atoms with Crippen LogP contribution in [0.1, 0.15) is 17.4 Å². The van der Waals surface area contributed by atoms with Gasteiger partial charge in [-0.15, -0.1) is 0 Å². The maximum atomic E-state index is 11.0. The minimum Gasteiger partial charge on any atom is -0.476 e. The van der Waals surface area contributed by atoms with Crippen LogP contribution < -0.4 is 0 Å². The van der Waals surface area contributed by atoms with E-state index in [-0.39, 0.29) is 5.69 Å². The largest absolute Gasteiger partial charge is 0.476 e. The van der Waals surface area contributed by atoms with E-state index in [4.69, 9.17) is 5.11 Å². The SMILES string of the molecule is CCn1nc(C(=O)O)c(Br)c1-c1ccccn1. The molecule has 0 atom stereocenters. The molecule has 0 saturated heterocycles. The molecule has 6 heteroatoms. The molecule has 2 heterocycles. The van der Waals surface area contributed by atoms with Gasteiger partial charge in [0.25, 0.3) is 0 Å². The molecule has 0 bridgehead atoms. The van der Waals surface area contributed by atoms with E-state index in [1.165, 1.54) is 0 Å². The van der Waals surface area contributed by atoms with Gasteiger partial charge in [0, 0.05) is 12.7 Å². The zero-order chi connectivity index (χ0) is 12.4. The number of rotatable bonds is 3. The van der Waals surface area contributed by atoms with Crippen molar-refractivity contribution < 1.29 is 9.90 Å². The number of halogens is 1. The first-order valence-electron chi connectivity index (χ1n) is 5.06. The molecule has 0 amide bonds. The van der Waals surface area contributed by atoms with Crippen LogP contribution >= 0.6 is 15.9 Å². The maximum Gasteiger partial charge on any atom is 0.357 e. The Morgan fingerprint density at radius 1 is 1.53 bits per heavy atom. The molecule has 0 aliphatic heterocycles. The van der Waals surface area contributed by atoms with Crippen LogP contribution in [0.15, 0.2) is 28.9 Å². The smallest absolute Gasteiger partial charge is 0.357 e. The van der Waals surface area contributed by atoms with Gasteiger partial charge in [-0.2, -0.15) is 5.10 Å². The van der Waals surface area contributed by atoms with Crippen LogP contribution in [0.25, 0.3) is 11.4 Å². The number of hydrogen-bond acceptors (Lipinski definition) is 3. The van der Waals surface area contributed by atoms with E-state index in [9.17, 15) is 4.79 Å². The van der Waals surface area contributed by atoms with Gasteiger partial charge in [0.05, 0.1) is 10.2 Å². The molecule has 0 fully saturated rings. The fraction of sp³-hybridized carbons (Fsp3) is 0.182. The highest BCUT2D eigenvalue weighted by molar-refractivity contribution is 9.10. The molecular formula is C11H10BrN3O2. The molecule has 88 valence electrons. The van der Waals surface area contributed by atoms with Gasteiger partial charge in [-0.3, -0.25) is 9.67 Å². The molecule has 1 N–H and O–H groups in total. The van der Waals surface area contributed by atoms with Crippen LogP contribution in [-0.2, 0) is 6.54 Å². The molecule has 2 aromatic heterocycles. The van der Waals surface area contributed by atoms with E-state index >= 15 is 0 Å². The van der Waals surface area contributed by atoms with E-state index in [0.29, 0.717) is 22.4 Å². The third-order valence-corrected chi connectivity index (χ3v) is 3.06. The van der Waals surface area contributed by atoms with Crippen molar-refractivity contribution >= 4 is 21.9 Å². The molecule has 0 radical (unpaired) electrons. The number of aromatic carboxylic acids is 1. The van der Waals surface area contributed by atoms with Crippen molar-refractivity contribution in [1.29, 1.82) is 0 Å². The van der Waals surface area contributed by atoms with E-state index in [1.807, 2.05) is 25.1 Å². The van der Waals surface area contributed by atoms with Crippen molar-refractivity contribution in [3.63, 3.8) is 0 Å². The van der Waals surface area contributed by atoms with Crippen LogP contribution in [0.5, 0.6) is 0 Å². The van der Waals surface area contributed by atoms with Crippen LogP contribution in [0.2, 0.25) is 0 Å². The molecule has 0 aliphatic carbocycles. The number of aryl methyl sites for hydroxylation is 1. The summed E-state index contributed by atoms with van der Waals surface area (Å²) in [5.74, 6) is -1.05. The normalized spacial score (nSPS) is 10.5. The predicted octanol–water partition coefficient (Wildman–Crippen LogP) is 2.43. The summed E-state index contributed by atoms with van der Waals surface area (Å²) in [7, 11) is 0. The van der Waals surface area contributed by atoms with Crippen LogP contribution in [0.3, 0.4) is 0 Å². The number of nitrogens with zero attached hydrogens (tertiary/aromatic N) is 3. The van der Waals surface area contributed by atoms with Crippen molar-refractivity contribution in [3.8, 4) is 11.4 Å². The first kappa shape index (κ1) is 11.8. The number of carbonyl (C=O) groups is 1. The lowest BCUT2D eigenvalue weighted by molar-refractivity contribution is 0.0688. The topological polar surface area (TPSA) is 68.0 Å². The van der Waals surface area contributed by atoms with Gasteiger partial charge in [0.1, 0.15) is 5.69 Å². The van der Waals surface area contributed by atoms with E-state index in [2.05, 4.69) is 26.0 Å². The summed E-state index contributed by atoms with van der Waals surface area (Å²) >= 11 is 3.28. The molecule has 0 saturated carbocycles. The summed E-state index contributed by atoms with van der Waals surface area (Å²) in [5.41, 5.74) is 1.39. The minimum atomic E-state index is -1.05. The molecule has 2 rings (SSSR count). The Morgan fingerprint density at radius 2 is 2.29 bits per heavy atom. The number of carboxylic acids is 1. The maximum absolute atomic E-state index is 11.0. The first-order valence-corrected chi connectivity index (χ1v) is 5.85. The highest BCUT2D eigenvalue weighted by Gasteiger charge is 2.21. The zero-order valence-corrected chi connectivity index (χ0v) is 10.7. The van der Waals surface area contributed by atoms with Crippen molar-refractivity contribution in [2.24, 2.45) is 0 Å². The van der Waals surface area contributed by atoms with E-state index < -0.39 is 5.97 Å². The van der Waals surface area contributed by atoms with Gasteiger partial charge in [-0.05, 0) is 35.0 Å². The Bertz CT molecular complexity index is 551. The first-order chi connectivity index (χ1) is 8.15. The molecule has 0 aliphatic rings. The van der Waals surface area contributed by atoms with Crippen molar-refractivity contribution in [1.82, 2.24) is 14.8 Å². The lowest BCUT2D eigenvalue weighted by atomic mass is 10.2. The highest BCUT2D eigenvalue weighted by Crippen LogP contribution is 2.29. The lowest BCUT2D eigenvalue weighted by Crippen LogP contribution is -2.02. The molecule has 2 aromatic rings. The molecular weight excluding hydrogens is 286 g/mol. The van der Waals surface area contributed by atoms with Gasteiger partial charge < -0.3 is 5.11 Å². The Balaban J connectivity index is 2.64. The second-order valence-electron chi connectivity index (χ2n) is 3.35. The van der Waals surface area contributed by atoms with Crippen LogP contribution in [-0.4, -0.2) is 25.8 Å². The van der Waals surface area contributed by atoms with Gasteiger partial charge >= 0.3 is 5.97 Å². The summed E-state index contributed by atoms with van der Waals surface area (Å²) in [6.07, 6.45) is 1.66. The molecule has 0 spiro atoms. The fourth-order valence-electron chi connectivity index (χ4n) is 1.55. The Labute approximate surface area is 106 Å². The second kappa shape index (κ2) is 4.67. The van der Waals surface area contributed by atoms with Crippen LogP contribution in [0.4, 0.5) is 0 Å². The lowest BCUT2D eigenvalue weighted by Gasteiger charge is -2.03. The number of hydrogen-bond donors (Lipinski definition) is 1. The summed E-state index contributed by atoms with van der Waals surface area (Å²) in [6.45, 7) is 2.48. The highest BCUT2D eigenvalue weighted by atomic mass is 79.9. The quantitative estimate of drug-likeness (QED) is 0.944. The standard InChI is InChI=1S/C11H10BrN3O2/c1-2-15-10(7-5-3-4-6-13-7)8(12)9(14-15)11(16)17/h3-6H,2H2,1H3,(H,16,17). The summed E-state index contributed by atoms with van der Waals surface area (Å²) in [5, 5.41) is 13.1. The minimum absolute atomic E-state index is 0.00695. The van der Waals surface area contributed by atoms with Crippen LogP contribution in [0, 0.1) is 0 Å². The monoisotopic (exact) mass is 295 g/mol. The molecule has 5 nitrogen and oxygen atoms in total. The summed E-state index contributed by atoms with van der Waals surface area (Å²) in [4.78, 5) is 15.2. The fourth-order valence-corrected chi connectivity index (χ4v) is 2.21. The number of aromatic nitrogens is 3. The van der Waals surface area contributed by atoms with Gasteiger partial charge in [0.2, 0.25) is 0 Å². The summed E-state index contributed by atoms with van der Waals surface area (Å²) in [6, 6.07) is 5.48.